The molecule has 0 radical (unpaired) electrons. The summed E-state index contributed by atoms with van der Waals surface area (Å²) >= 11 is 0. The van der Waals surface area contributed by atoms with Gasteiger partial charge in [-0.05, 0) is 18.9 Å². The maximum atomic E-state index is 9.16. The Balaban J connectivity index is 2.05. The number of hydrogen-bond acceptors (Lipinski definition) is 3. The van der Waals surface area contributed by atoms with E-state index in [4.69, 9.17) is 14.6 Å². The molecule has 2 atom stereocenters. The third-order valence-corrected chi connectivity index (χ3v) is 2.34. The standard InChI is InChI=1S/C9H14O3/c10-8-3-5-9(12-7-8)4-1-2-6-11-9/h3,5,8,10H,1-2,4,6-7H2/t8-,9-/m0/s1. The summed E-state index contributed by atoms with van der Waals surface area (Å²) in [6, 6.07) is 0. The third kappa shape index (κ3) is 1.53. The van der Waals surface area contributed by atoms with Crippen LogP contribution in [0.5, 0.6) is 0 Å². The van der Waals surface area contributed by atoms with Crippen LogP contribution in [0.3, 0.4) is 0 Å². The first-order valence-electron chi connectivity index (χ1n) is 4.46. The van der Waals surface area contributed by atoms with Gasteiger partial charge in [-0.1, -0.05) is 6.08 Å². The molecule has 0 bridgehead atoms. The summed E-state index contributed by atoms with van der Waals surface area (Å²) in [5.41, 5.74) is 0. The molecule has 1 N–H and O–H groups in total. The maximum absolute atomic E-state index is 9.16. The number of aliphatic hydroxyl groups is 1. The normalized spacial score (nSPS) is 41.9. The lowest BCUT2D eigenvalue weighted by molar-refractivity contribution is -0.236. The van der Waals surface area contributed by atoms with Crippen LogP contribution >= 0.6 is 0 Å². The lowest BCUT2D eigenvalue weighted by Crippen LogP contribution is -2.42. The largest absolute Gasteiger partial charge is 0.387 e. The van der Waals surface area contributed by atoms with E-state index in [0.29, 0.717) is 6.61 Å². The Labute approximate surface area is 72.0 Å². The van der Waals surface area contributed by atoms with E-state index in [1.807, 2.05) is 6.08 Å². The van der Waals surface area contributed by atoms with Crippen LogP contribution in [0.2, 0.25) is 0 Å². The van der Waals surface area contributed by atoms with Crippen molar-refractivity contribution in [3.8, 4) is 0 Å². The lowest BCUT2D eigenvalue weighted by atomic mass is 10.0. The molecule has 0 aliphatic carbocycles. The van der Waals surface area contributed by atoms with Gasteiger partial charge in [0.2, 0.25) is 0 Å². The van der Waals surface area contributed by atoms with E-state index in [-0.39, 0.29) is 0 Å². The van der Waals surface area contributed by atoms with Gasteiger partial charge in [0.25, 0.3) is 0 Å². The van der Waals surface area contributed by atoms with Crippen molar-refractivity contribution >= 4 is 0 Å². The van der Waals surface area contributed by atoms with E-state index in [2.05, 4.69) is 0 Å². The van der Waals surface area contributed by atoms with Gasteiger partial charge in [-0.25, -0.2) is 0 Å². The predicted octanol–water partition coefficient (Wildman–Crippen LogP) is 0.831. The average Bonchev–Trinajstić information content (AvgIpc) is 2.13. The van der Waals surface area contributed by atoms with Gasteiger partial charge in [-0.15, -0.1) is 0 Å². The van der Waals surface area contributed by atoms with Gasteiger partial charge in [-0.2, -0.15) is 0 Å². The highest BCUT2D eigenvalue weighted by molar-refractivity contribution is 5.04. The molecular formula is C9H14O3. The highest BCUT2D eigenvalue weighted by Gasteiger charge is 2.34. The average molecular weight is 170 g/mol. The molecule has 0 aromatic rings. The molecule has 12 heavy (non-hydrogen) atoms. The molecule has 2 aliphatic rings. The first-order valence-corrected chi connectivity index (χ1v) is 4.46. The van der Waals surface area contributed by atoms with Crippen molar-refractivity contribution in [2.24, 2.45) is 0 Å². The highest BCUT2D eigenvalue weighted by atomic mass is 16.7. The SMILES string of the molecule is O[C@H]1C=C[C@]2(CCCCO2)OC1. The van der Waals surface area contributed by atoms with Crippen LogP contribution in [0.1, 0.15) is 19.3 Å². The van der Waals surface area contributed by atoms with Crippen LogP contribution in [0.15, 0.2) is 12.2 Å². The molecule has 0 amide bonds. The van der Waals surface area contributed by atoms with E-state index >= 15 is 0 Å². The zero-order valence-electron chi connectivity index (χ0n) is 7.03. The van der Waals surface area contributed by atoms with Crippen LogP contribution in [0, 0.1) is 0 Å². The van der Waals surface area contributed by atoms with Gasteiger partial charge >= 0.3 is 0 Å². The van der Waals surface area contributed by atoms with Gasteiger partial charge < -0.3 is 14.6 Å². The van der Waals surface area contributed by atoms with Gasteiger partial charge in [0.05, 0.1) is 19.3 Å². The van der Waals surface area contributed by atoms with Crippen molar-refractivity contribution in [1.29, 1.82) is 0 Å². The smallest absolute Gasteiger partial charge is 0.187 e. The Hall–Kier alpha value is -0.380. The number of aliphatic hydroxyl groups excluding tert-OH is 1. The van der Waals surface area contributed by atoms with Crippen molar-refractivity contribution in [3.05, 3.63) is 12.2 Å². The summed E-state index contributed by atoms with van der Waals surface area (Å²) in [4.78, 5) is 0. The summed E-state index contributed by atoms with van der Waals surface area (Å²) in [5.74, 6) is -0.502. The van der Waals surface area contributed by atoms with Crippen molar-refractivity contribution < 1.29 is 14.6 Å². The molecule has 2 aliphatic heterocycles. The summed E-state index contributed by atoms with van der Waals surface area (Å²) in [7, 11) is 0. The second-order valence-corrected chi connectivity index (χ2v) is 3.35. The van der Waals surface area contributed by atoms with Gasteiger partial charge in [0, 0.05) is 6.42 Å². The molecule has 0 unspecified atom stereocenters. The highest BCUT2D eigenvalue weighted by Crippen LogP contribution is 2.30. The first-order chi connectivity index (χ1) is 5.81. The first kappa shape index (κ1) is 8.23. The molecule has 3 heteroatoms. The second-order valence-electron chi connectivity index (χ2n) is 3.35. The monoisotopic (exact) mass is 170 g/mol. The quantitative estimate of drug-likeness (QED) is 0.547. The molecule has 3 nitrogen and oxygen atoms in total. The molecule has 1 fully saturated rings. The minimum absolute atomic E-state index is 0.358. The van der Waals surface area contributed by atoms with Crippen molar-refractivity contribution in [2.75, 3.05) is 13.2 Å². The Kier molecular flexibility index (Phi) is 2.17. The van der Waals surface area contributed by atoms with Crippen molar-refractivity contribution in [3.63, 3.8) is 0 Å². The minimum Gasteiger partial charge on any atom is -0.387 e. The van der Waals surface area contributed by atoms with E-state index in [1.54, 1.807) is 6.08 Å². The van der Waals surface area contributed by atoms with Crippen LogP contribution in [0.4, 0.5) is 0 Å². The summed E-state index contributed by atoms with van der Waals surface area (Å²) < 4.78 is 11.0. The second kappa shape index (κ2) is 3.17. The van der Waals surface area contributed by atoms with E-state index in [9.17, 15) is 0 Å². The van der Waals surface area contributed by atoms with Gasteiger partial charge in [0.15, 0.2) is 5.79 Å². The topological polar surface area (TPSA) is 38.7 Å². The molecular weight excluding hydrogens is 156 g/mol. The molecule has 1 saturated heterocycles. The molecule has 0 saturated carbocycles. The molecule has 2 heterocycles. The zero-order chi connectivity index (χ0) is 8.44. The van der Waals surface area contributed by atoms with E-state index in [0.717, 1.165) is 25.9 Å². The Bertz CT molecular complexity index is 182. The molecule has 0 aromatic carbocycles. The van der Waals surface area contributed by atoms with Crippen LogP contribution in [0.25, 0.3) is 0 Å². The van der Waals surface area contributed by atoms with Gasteiger partial charge in [-0.3, -0.25) is 0 Å². The fraction of sp³-hybridized carbons (Fsp3) is 0.778. The Morgan fingerprint density at radius 3 is 2.83 bits per heavy atom. The summed E-state index contributed by atoms with van der Waals surface area (Å²) in [5, 5.41) is 9.16. The number of hydrogen-bond donors (Lipinski definition) is 1. The number of ether oxygens (including phenoxy) is 2. The van der Waals surface area contributed by atoms with Crippen LogP contribution in [-0.2, 0) is 9.47 Å². The third-order valence-electron chi connectivity index (χ3n) is 2.34. The Morgan fingerprint density at radius 1 is 1.33 bits per heavy atom. The number of rotatable bonds is 0. The van der Waals surface area contributed by atoms with E-state index in [1.165, 1.54) is 0 Å². The minimum atomic E-state index is -0.502. The Morgan fingerprint density at radius 2 is 2.25 bits per heavy atom. The van der Waals surface area contributed by atoms with Crippen molar-refractivity contribution in [1.82, 2.24) is 0 Å². The molecule has 2 rings (SSSR count). The van der Waals surface area contributed by atoms with Gasteiger partial charge in [0.1, 0.15) is 0 Å². The lowest BCUT2D eigenvalue weighted by Gasteiger charge is -2.37. The molecule has 0 aromatic heterocycles. The molecule has 68 valence electrons. The fourth-order valence-corrected chi connectivity index (χ4v) is 1.62. The fourth-order valence-electron chi connectivity index (χ4n) is 1.62. The van der Waals surface area contributed by atoms with E-state index < -0.39 is 11.9 Å². The predicted molar refractivity (Wildman–Crippen MR) is 43.6 cm³/mol. The molecule has 1 spiro atoms. The van der Waals surface area contributed by atoms with Crippen molar-refractivity contribution in [2.45, 2.75) is 31.2 Å². The summed E-state index contributed by atoms with van der Waals surface area (Å²) in [6.07, 6.45) is 6.31. The maximum Gasteiger partial charge on any atom is 0.187 e. The zero-order valence-corrected chi connectivity index (χ0v) is 7.03. The van der Waals surface area contributed by atoms with Crippen LogP contribution < -0.4 is 0 Å². The summed E-state index contributed by atoms with van der Waals surface area (Å²) in [6.45, 7) is 1.12. The van der Waals surface area contributed by atoms with Crippen LogP contribution in [-0.4, -0.2) is 30.2 Å².